The number of rotatable bonds is 7. The molecular formula is C19H28F3IN6O. The lowest BCUT2D eigenvalue weighted by Gasteiger charge is -2.23. The third-order valence-electron chi connectivity index (χ3n) is 4.12. The van der Waals surface area contributed by atoms with Crippen LogP contribution < -0.4 is 10.1 Å². The van der Waals surface area contributed by atoms with E-state index in [1.807, 2.05) is 25.2 Å². The van der Waals surface area contributed by atoms with Crippen LogP contribution in [0.15, 0.2) is 29.5 Å². The number of hydrogen-bond donors (Lipinski definition) is 1. The van der Waals surface area contributed by atoms with Crippen LogP contribution in [0.25, 0.3) is 0 Å². The third-order valence-corrected chi connectivity index (χ3v) is 4.12. The first kappa shape index (κ1) is 26.0. The molecular weight excluding hydrogens is 512 g/mol. The van der Waals surface area contributed by atoms with Crippen LogP contribution in [0, 0.1) is 0 Å². The Balaban J connectivity index is 0.00000450. The number of aryl methyl sites for hydroxylation is 1. The molecule has 0 aliphatic heterocycles. The summed E-state index contributed by atoms with van der Waals surface area (Å²) in [5.74, 6) is 0.831. The maximum Gasteiger partial charge on any atom is 0.422 e. The fraction of sp³-hybridized carbons (Fsp3) is 0.526. The van der Waals surface area contributed by atoms with Crippen LogP contribution in [0.4, 0.5) is 13.2 Å². The quantitative estimate of drug-likeness (QED) is 0.330. The Kier molecular flexibility index (Phi) is 9.85. The summed E-state index contributed by atoms with van der Waals surface area (Å²) in [5.41, 5.74) is 2.61. The highest BCUT2D eigenvalue weighted by Crippen LogP contribution is 2.21. The van der Waals surface area contributed by atoms with Gasteiger partial charge in [-0.05, 0) is 12.0 Å². The molecule has 0 saturated heterocycles. The molecule has 11 heteroatoms. The Labute approximate surface area is 191 Å². The molecule has 168 valence electrons. The van der Waals surface area contributed by atoms with E-state index in [2.05, 4.69) is 34.2 Å². The van der Waals surface area contributed by atoms with Crippen molar-refractivity contribution < 1.29 is 17.9 Å². The van der Waals surface area contributed by atoms with Gasteiger partial charge < -0.3 is 15.0 Å². The minimum atomic E-state index is -4.42. The van der Waals surface area contributed by atoms with E-state index in [-0.39, 0.29) is 36.4 Å². The van der Waals surface area contributed by atoms with Crippen molar-refractivity contribution in [2.24, 2.45) is 12.0 Å². The minimum Gasteiger partial charge on any atom is -0.468 e. The van der Waals surface area contributed by atoms with Gasteiger partial charge in [-0.1, -0.05) is 19.9 Å². The zero-order valence-corrected chi connectivity index (χ0v) is 20.0. The monoisotopic (exact) mass is 540 g/mol. The molecule has 7 nitrogen and oxygen atoms in total. The van der Waals surface area contributed by atoms with E-state index in [0.717, 1.165) is 11.3 Å². The van der Waals surface area contributed by atoms with Gasteiger partial charge in [0.05, 0.1) is 5.69 Å². The van der Waals surface area contributed by atoms with Gasteiger partial charge >= 0.3 is 6.18 Å². The molecule has 0 radical (unpaired) electrons. The fourth-order valence-electron chi connectivity index (χ4n) is 2.89. The average Bonchev–Trinajstić information content (AvgIpc) is 3.01. The van der Waals surface area contributed by atoms with Crippen molar-refractivity contribution in [2.45, 2.75) is 39.0 Å². The normalized spacial score (nSPS) is 12.0. The second-order valence-corrected chi connectivity index (χ2v) is 7.00. The number of nitrogens with zero attached hydrogens (tertiary/aromatic N) is 5. The molecule has 0 aromatic carbocycles. The first-order valence-electron chi connectivity index (χ1n) is 9.18. The van der Waals surface area contributed by atoms with Crippen molar-refractivity contribution >= 4 is 29.9 Å². The number of ether oxygens (including phenoxy) is 1. The number of hydrogen-bond acceptors (Lipinski definition) is 4. The molecule has 1 N–H and O–H groups in total. The number of nitrogens with one attached hydrogen (secondary N) is 1. The van der Waals surface area contributed by atoms with Crippen LogP contribution in [0.3, 0.4) is 0 Å². The Morgan fingerprint density at radius 3 is 2.63 bits per heavy atom. The zero-order chi connectivity index (χ0) is 21.6. The number of aliphatic imine (C=N–C) groups is 1. The Morgan fingerprint density at radius 2 is 2.03 bits per heavy atom. The maximum atomic E-state index is 12.4. The molecule has 2 aromatic heterocycles. The molecule has 0 aliphatic rings. The average molecular weight is 540 g/mol. The molecule has 0 atom stereocenters. The summed E-state index contributed by atoms with van der Waals surface area (Å²) in [6.07, 6.45) is -1.05. The van der Waals surface area contributed by atoms with E-state index < -0.39 is 12.8 Å². The lowest BCUT2D eigenvalue weighted by Crippen LogP contribution is -2.38. The number of guanidine groups is 1. The van der Waals surface area contributed by atoms with E-state index in [1.165, 1.54) is 6.20 Å². The van der Waals surface area contributed by atoms with E-state index in [1.54, 1.807) is 23.9 Å². The highest BCUT2D eigenvalue weighted by molar-refractivity contribution is 14.0. The lowest BCUT2D eigenvalue weighted by molar-refractivity contribution is -0.154. The second-order valence-electron chi connectivity index (χ2n) is 7.00. The van der Waals surface area contributed by atoms with Gasteiger partial charge in [0, 0.05) is 57.8 Å². The summed E-state index contributed by atoms with van der Waals surface area (Å²) in [7, 11) is 5.42. The molecule has 2 rings (SSSR count). The standard InChI is InChI=1S/C19H27F3N6O.HI/c1-13(2)16-15(11-28(5)26-16)10-27(4)18(23-3)25-9-14-7-6-8-24-17(14)29-12-19(20,21)22;/h6-8,11,13H,9-10,12H2,1-5H3,(H,23,25);1H. The maximum absolute atomic E-state index is 12.4. The predicted octanol–water partition coefficient (Wildman–Crippen LogP) is 3.71. The first-order valence-corrected chi connectivity index (χ1v) is 9.18. The molecule has 0 aliphatic carbocycles. The van der Waals surface area contributed by atoms with Gasteiger partial charge in [0.2, 0.25) is 5.88 Å². The van der Waals surface area contributed by atoms with E-state index in [4.69, 9.17) is 4.74 Å². The largest absolute Gasteiger partial charge is 0.468 e. The molecule has 0 spiro atoms. The van der Waals surface area contributed by atoms with Gasteiger partial charge in [0.1, 0.15) is 0 Å². The Hall–Kier alpha value is -2.05. The Morgan fingerprint density at radius 1 is 1.33 bits per heavy atom. The first-order chi connectivity index (χ1) is 13.6. The molecule has 0 bridgehead atoms. The molecule has 0 unspecified atom stereocenters. The van der Waals surface area contributed by atoms with Crippen LogP contribution in [0.1, 0.15) is 36.6 Å². The number of halogens is 4. The van der Waals surface area contributed by atoms with Crippen molar-refractivity contribution in [2.75, 3.05) is 20.7 Å². The van der Waals surface area contributed by atoms with Crippen LogP contribution in [-0.2, 0) is 20.1 Å². The van der Waals surface area contributed by atoms with Crippen molar-refractivity contribution in [1.82, 2.24) is 25.0 Å². The predicted molar refractivity (Wildman–Crippen MR) is 120 cm³/mol. The van der Waals surface area contributed by atoms with Gasteiger partial charge in [-0.25, -0.2) is 4.98 Å². The summed E-state index contributed by atoms with van der Waals surface area (Å²) >= 11 is 0. The van der Waals surface area contributed by atoms with Crippen LogP contribution in [0.5, 0.6) is 5.88 Å². The van der Waals surface area contributed by atoms with Crippen LogP contribution >= 0.6 is 24.0 Å². The lowest BCUT2D eigenvalue weighted by atomic mass is 10.1. The molecule has 2 heterocycles. The van der Waals surface area contributed by atoms with Gasteiger partial charge in [0.25, 0.3) is 0 Å². The third kappa shape index (κ3) is 7.65. The van der Waals surface area contributed by atoms with E-state index >= 15 is 0 Å². The molecule has 0 amide bonds. The second kappa shape index (κ2) is 11.4. The number of pyridine rings is 1. The molecule has 30 heavy (non-hydrogen) atoms. The van der Waals surface area contributed by atoms with Gasteiger partial charge in [0.15, 0.2) is 12.6 Å². The van der Waals surface area contributed by atoms with Gasteiger partial charge in [-0.2, -0.15) is 18.3 Å². The molecule has 0 fully saturated rings. The summed E-state index contributed by atoms with van der Waals surface area (Å²) < 4.78 is 43.9. The summed E-state index contributed by atoms with van der Waals surface area (Å²) in [4.78, 5) is 10.1. The Bertz CT molecular complexity index is 838. The summed E-state index contributed by atoms with van der Waals surface area (Å²) in [6, 6.07) is 3.31. The van der Waals surface area contributed by atoms with Crippen LogP contribution in [-0.4, -0.2) is 52.5 Å². The van der Waals surface area contributed by atoms with Crippen molar-refractivity contribution in [3.05, 3.63) is 41.3 Å². The zero-order valence-electron chi connectivity index (χ0n) is 17.7. The van der Waals surface area contributed by atoms with Gasteiger partial charge in [-0.15, -0.1) is 24.0 Å². The van der Waals surface area contributed by atoms with E-state index in [9.17, 15) is 13.2 Å². The summed E-state index contributed by atoms with van der Waals surface area (Å²) in [6.45, 7) is 3.60. The SMILES string of the molecule is CN=C(NCc1cccnc1OCC(F)(F)F)N(C)Cc1cn(C)nc1C(C)C.I. The minimum absolute atomic E-state index is 0. The highest BCUT2D eigenvalue weighted by Gasteiger charge is 2.29. The molecule has 2 aromatic rings. The van der Waals surface area contributed by atoms with Gasteiger partial charge in [-0.3, -0.25) is 9.67 Å². The van der Waals surface area contributed by atoms with Crippen molar-refractivity contribution in [3.8, 4) is 5.88 Å². The summed E-state index contributed by atoms with van der Waals surface area (Å²) in [5, 5.41) is 7.65. The van der Waals surface area contributed by atoms with Crippen molar-refractivity contribution in [1.29, 1.82) is 0 Å². The topological polar surface area (TPSA) is 67.6 Å². The number of aromatic nitrogens is 3. The van der Waals surface area contributed by atoms with E-state index in [0.29, 0.717) is 24.0 Å². The molecule has 0 saturated carbocycles. The highest BCUT2D eigenvalue weighted by atomic mass is 127. The fourth-order valence-corrected chi connectivity index (χ4v) is 2.89. The van der Waals surface area contributed by atoms with Crippen LogP contribution in [0.2, 0.25) is 0 Å². The van der Waals surface area contributed by atoms with Crippen molar-refractivity contribution in [3.63, 3.8) is 0 Å². The smallest absolute Gasteiger partial charge is 0.422 e. The number of alkyl halides is 3.